The Labute approximate surface area is 136 Å². The zero-order valence-corrected chi connectivity index (χ0v) is 13.0. The van der Waals surface area contributed by atoms with Gasteiger partial charge in [0.15, 0.2) is 5.96 Å². The third-order valence-corrected chi connectivity index (χ3v) is 5.05. The predicted octanol–water partition coefficient (Wildman–Crippen LogP) is 2.33. The quantitative estimate of drug-likeness (QED) is 0.895. The third-order valence-electron chi connectivity index (χ3n) is 5.05. The molecule has 23 heavy (non-hydrogen) atoms. The van der Waals surface area contributed by atoms with E-state index in [-0.39, 0.29) is 0 Å². The van der Waals surface area contributed by atoms with Crippen molar-refractivity contribution in [1.82, 2.24) is 4.90 Å². The smallest absolute Gasteiger partial charge is 0.191 e. The van der Waals surface area contributed by atoms with Gasteiger partial charge in [-0.2, -0.15) is 0 Å². The van der Waals surface area contributed by atoms with E-state index in [1.807, 2.05) is 30.3 Å². The number of piperidine rings is 1. The Morgan fingerprint density at radius 1 is 1.04 bits per heavy atom. The highest BCUT2D eigenvalue weighted by molar-refractivity contribution is 5.80. The number of rotatable bonds is 2. The maximum Gasteiger partial charge on any atom is 0.191 e. The standard InChI is InChI=1S/C19H21N3O/c20-18-21-12-17-10-11-19(23,13-22(17)18)16-8-6-15(7-9-16)14-4-2-1-3-5-14/h1-9,17,23H,10-13H2,(H2,20,21)/t17?,19-/m0/s1. The number of nitrogens with zero attached hydrogens (tertiary/aromatic N) is 2. The molecular weight excluding hydrogens is 286 g/mol. The van der Waals surface area contributed by atoms with Crippen molar-refractivity contribution in [2.75, 3.05) is 13.1 Å². The summed E-state index contributed by atoms with van der Waals surface area (Å²) in [4.78, 5) is 6.35. The van der Waals surface area contributed by atoms with Crippen LogP contribution in [0.1, 0.15) is 18.4 Å². The van der Waals surface area contributed by atoms with Crippen molar-refractivity contribution < 1.29 is 5.11 Å². The highest BCUT2D eigenvalue weighted by Crippen LogP contribution is 2.36. The van der Waals surface area contributed by atoms with E-state index in [1.165, 1.54) is 5.56 Å². The molecular formula is C19H21N3O. The van der Waals surface area contributed by atoms with Gasteiger partial charge >= 0.3 is 0 Å². The maximum atomic E-state index is 11.1. The van der Waals surface area contributed by atoms with Gasteiger partial charge in [-0.15, -0.1) is 0 Å². The van der Waals surface area contributed by atoms with Crippen molar-refractivity contribution in [2.45, 2.75) is 24.5 Å². The number of hydrogen-bond donors (Lipinski definition) is 2. The molecule has 0 saturated carbocycles. The normalized spacial score (nSPS) is 26.7. The summed E-state index contributed by atoms with van der Waals surface area (Å²) in [5.74, 6) is 0.564. The Morgan fingerprint density at radius 2 is 1.74 bits per heavy atom. The minimum atomic E-state index is -0.851. The largest absolute Gasteiger partial charge is 0.383 e. The molecule has 4 nitrogen and oxygen atoms in total. The fourth-order valence-electron chi connectivity index (χ4n) is 3.64. The van der Waals surface area contributed by atoms with E-state index in [2.05, 4.69) is 34.2 Å². The SMILES string of the molecule is NC1=NCC2CC[C@@](O)(c3ccc(-c4ccccc4)cc3)CN12. The molecule has 2 aliphatic rings. The van der Waals surface area contributed by atoms with Gasteiger partial charge in [0.1, 0.15) is 5.60 Å². The third kappa shape index (κ3) is 2.49. The lowest BCUT2D eigenvalue weighted by atomic mass is 9.83. The predicted molar refractivity (Wildman–Crippen MR) is 92.0 cm³/mol. The first-order valence-corrected chi connectivity index (χ1v) is 8.11. The molecule has 0 aliphatic carbocycles. The first-order valence-electron chi connectivity index (χ1n) is 8.11. The van der Waals surface area contributed by atoms with Crippen LogP contribution in [0.5, 0.6) is 0 Å². The Kier molecular flexibility index (Phi) is 3.34. The number of benzene rings is 2. The summed E-state index contributed by atoms with van der Waals surface area (Å²) in [7, 11) is 0. The van der Waals surface area contributed by atoms with Crippen LogP contribution in [0.3, 0.4) is 0 Å². The molecule has 2 aromatic carbocycles. The number of nitrogens with two attached hydrogens (primary N) is 1. The molecule has 0 bridgehead atoms. The molecule has 2 aromatic rings. The monoisotopic (exact) mass is 307 g/mol. The summed E-state index contributed by atoms with van der Waals surface area (Å²) in [5.41, 5.74) is 8.40. The number of guanidine groups is 1. The van der Waals surface area contributed by atoms with Gasteiger partial charge in [0.05, 0.1) is 19.1 Å². The molecule has 0 aromatic heterocycles. The van der Waals surface area contributed by atoms with Crippen LogP contribution in [0, 0.1) is 0 Å². The highest BCUT2D eigenvalue weighted by Gasteiger charge is 2.41. The number of aliphatic imine (C=N–C) groups is 1. The van der Waals surface area contributed by atoms with Crippen LogP contribution in [0.4, 0.5) is 0 Å². The first-order chi connectivity index (χ1) is 11.2. The fraction of sp³-hybridized carbons (Fsp3) is 0.316. The molecule has 118 valence electrons. The number of hydrogen-bond acceptors (Lipinski definition) is 4. The number of fused-ring (bicyclic) bond motifs is 1. The van der Waals surface area contributed by atoms with Gasteiger partial charge in [-0.3, -0.25) is 4.99 Å². The molecule has 1 fully saturated rings. The van der Waals surface area contributed by atoms with E-state index in [0.29, 0.717) is 18.5 Å². The van der Waals surface area contributed by atoms with Crippen LogP contribution in [-0.4, -0.2) is 35.1 Å². The van der Waals surface area contributed by atoms with Gasteiger partial charge in [0.25, 0.3) is 0 Å². The molecule has 3 N–H and O–H groups in total. The van der Waals surface area contributed by atoms with Crippen LogP contribution >= 0.6 is 0 Å². The van der Waals surface area contributed by atoms with Crippen LogP contribution in [-0.2, 0) is 5.60 Å². The van der Waals surface area contributed by atoms with Crippen LogP contribution in [0.15, 0.2) is 59.6 Å². The van der Waals surface area contributed by atoms with Crippen molar-refractivity contribution in [2.24, 2.45) is 10.7 Å². The molecule has 1 unspecified atom stereocenters. The van der Waals surface area contributed by atoms with Crippen molar-refractivity contribution in [3.05, 3.63) is 60.2 Å². The van der Waals surface area contributed by atoms with Gasteiger partial charge in [-0.1, -0.05) is 54.6 Å². The summed E-state index contributed by atoms with van der Waals surface area (Å²) < 4.78 is 0. The molecule has 0 radical (unpaired) electrons. The highest BCUT2D eigenvalue weighted by atomic mass is 16.3. The van der Waals surface area contributed by atoms with Crippen molar-refractivity contribution in [3.63, 3.8) is 0 Å². The summed E-state index contributed by atoms with van der Waals surface area (Å²) in [6, 6.07) is 18.9. The molecule has 0 amide bonds. The fourth-order valence-corrected chi connectivity index (χ4v) is 3.64. The van der Waals surface area contributed by atoms with E-state index in [0.717, 1.165) is 30.5 Å². The lowest BCUT2D eigenvalue weighted by Gasteiger charge is -2.42. The second-order valence-electron chi connectivity index (χ2n) is 6.49. The molecule has 2 atom stereocenters. The van der Waals surface area contributed by atoms with Gasteiger partial charge in [0.2, 0.25) is 0 Å². The Morgan fingerprint density at radius 3 is 2.48 bits per heavy atom. The Hall–Kier alpha value is -2.33. The molecule has 0 spiro atoms. The van der Waals surface area contributed by atoms with Crippen LogP contribution in [0.2, 0.25) is 0 Å². The van der Waals surface area contributed by atoms with E-state index in [1.54, 1.807) is 0 Å². The maximum absolute atomic E-state index is 11.1. The summed E-state index contributed by atoms with van der Waals surface area (Å²) in [6.07, 6.45) is 1.67. The van der Waals surface area contributed by atoms with Gasteiger partial charge in [-0.05, 0) is 29.5 Å². The zero-order chi connectivity index (χ0) is 15.9. The van der Waals surface area contributed by atoms with E-state index < -0.39 is 5.60 Å². The molecule has 2 aliphatic heterocycles. The first kappa shape index (κ1) is 14.3. The summed E-state index contributed by atoms with van der Waals surface area (Å²) in [6.45, 7) is 1.28. The second-order valence-corrected chi connectivity index (χ2v) is 6.49. The summed E-state index contributed by atoms with van der Waals surface area (Å²) >= 11 is 0. The van der Waals surface area contributed by atoms with Crippen molar-refractivity contribution in [1.29, 1.82) is 0 Å². The van der Waals surface area contributed by atoms with Gasteiger partial charge in [-0.25, -0.2) is 0 Å². The molecule has 1 saturated heterocycles. The van der Waals surface area contributed by atoms with E-state index >= 15 is 0 Å². The molecule has 2 heterocycles. The average Bonchev–Trinajstić information content (AvgIpc) is 2.96. The lowest BCUT2D eigenvalue weighted by molar-refractivity contribution is -0.0286. The van der Waals surface area contributed by atoms with E-state index in [9.17, 15) is 5.11 Å². The molecule has 4 rings (SSSR count). The zero-order valence-electron chi connectivity index (χ0n) is 13.0. The van der Waals surface area contributed by atoms with Crippen molar-refractivity contribution >= 4 is 5.96 Å². The Balaban J connectivity index is 1.59. The molecule has 4 heteroatoms. The minimum absolute atomic E-state index is 0.360. The minimum Gasteiger partial charge on any atom is -0.383 e. The van der Waals surface area contributed by atoms with Gasteiger partial charge < -0.3 is 15.7 Å². The average molecular weight is 307 g/mol. The van der Waals surface area contributed by atoms with E-state index in [4.69, 9.17) is 5.73 Å². The second kappa shape index (κ2) is 5.39. The number of aliphatic hydroxyl groups is 1. The summed E-state index contributed by atoms with van der Waals surface area (Å²) in [5, 5.41) is 11.1. The van der Waals surface area contributed by atoms with Crippen LogP contribution < -0.4 is 5.73 Å². The van der Waals surface area contributed by atoms with Crippen molar-refractivity contribution in [3.8, 4) is 11.1 Å². The van der Waals surface area contributed by atoms with Gasteiger partial charge in [0, 0.05) is 0 Å². The lowest BCUT2D eigenvalue weighted by Crippen LogP contribution is -2.53. The van der Waals surface area contributed by atoms with Crippen LogP contribution in [0.25, 0.3) is 11.1 Å². The topological polar surface area (TPSA) is 61.9 Å². The Bertz CT molecular complexity index is 726.